The molecular formula is C29H31F6N7O5. The summed E-state index contributed by atoms with van der Waals surface area (Å²) in [6, 6.07) is 15.7. The summed E-state index contributed by atoms with van der Waals surface area (Å²) >= 11 is 0. The van der Waals surface area contributed by atoms with Crippen LogP contribution in [0.3, 0.4) is 0 Å². The van der Waals surface area contributed by atoms with E-state index in [2.05, 4.69) is 25.9 Å². The van der Waals surface area contributed by atoms with Crippen molar-refractivity contribution in [2.75, 3.05) is 10.6 Å². The van der Waals surface area contributed by atoms with E-state index in [0.29, 0.717) is 5.82 Å². The fourth-order valence-electron chi connectivity index (χ4n) is 4.15. The Hall–Kier alpha value is -5.42. The average molecular weight is 672 g/mol. The lowest BCUT2D eigenvalue weighted by molar-refractivity contribution is -0.193. The number of aliphatic carboxylic acids is 2. The summed E-state index contributed by atoms with van der Waals surface area (Å²) in [5.74, 6) is -4.95. The van der Waals surface area contributed by atoms with Crippen LogP contribution in [-0.2, 0) is 14.4 Å². The van der Waals surface area contributed by atoms with Gasteiger partial charge in [0.25, 0.3) is 5.91 Å². The molecule has 18 heteroatoms. The highest BCUT2D eigenvalue weighted by atomic mass is 19.4. The van der Waals surface area contributed by atoms with Crippen LogP contribution in [0.15, 0.2) is 54.6 Å². The number of amides is 1. The fourth-order valence-corrected chi connectivity index (χ4v) is 4.15. The monoisotopic (exact) mass is 671 g/mol. The van der Waals surface area contributed by atoms with E-state index in [-0.39, 0.29) is 29.9 Å². The number of carbonyl (C=O) groups is 3. The molecule has 2 aromatic carbocycles. The van der Waals surface area contributed by atoms with Crippen molar-refractivity contribution in [2.24, 2.45) is 5.73 Å². The lowest BCUT2D eigenvalue weighted by Crippen LogP contribution is -2.50. The van der Waals surface area contributed by atoms with Gasteiger partial charge in [0.1, 0.15) is 5.82 Å². The first-order valence-electron chi connectivity index (χ1n) is 13.7. The maximum atomic E-state index is 12.5. The number of nitrogens with two attached hydrogens (primary N) is 1. The van der Waals surface area contributed by atoms with Crippen LogP contribution in [0, 0.1) is 12.3 Å². The normalized spacial score (nSPS) is 16.1. The SMILES string of the molecule is Cc1ccc2nc(NC(=O)/C=C/c3ccccc3)nc(NC3CCCCC3NC(=N)N)c2c1.O=C(O)C(F)(F)F.O=C(O)C(F)(F)F. The van der Waals surface area contributed by atoms with Gasteiger partial charge in [0.05, 0.1) is 5.52 Å². The molecule has 3 aromatic rings. The molecule has 47 heavy (non-hydrogen) atoms. The Balaban J connectivity index is 0.000000459. The number of halogens is 6. The van der Waals surface area contributed by atoms with E-state index >= 15 is 0 Å². The Bertz CT molecular complexity index is 1560. The second kappa shape index (κ2) is 16.8. The van der Waals surface area contributed by atoms with E-state index in [0.717, 1.165) is 47.7 Å². The Kier molecular flexibility index (Phi) is 13.5. The number of nitrogens with one attached hydrogen (secondary N) is 4. The second-order valence-electron chi connectivity index (χ2n) is 9.96. The molecule has 2 unspecified atom stereocenters. The summed E-state index contributed by atoms with van der Waals surface area (Å²) < 4.78 is 63.5. The molecular weight excluding hydrogens is 640 g/mol. The molecule has 8 N–H and O–H groups in total. The van der Waals surface area contributed by atoms with Crippen LogP contribution < -0.4 is 21.7 Å². The minimum atomic E-state index is -5.08. The predicted molar refractivity (Wildman–Crippen MR) is 160 cm³/mol. The Morgan fingerprint density at radius 3 is 2.00 bits per heavy atom. The summed E-state index contributed by atoms with van der Waals surface area (Å²) in [5.41, 5.74) is 8.38. The second-order valence-corrected chi connectivity index (χ2v) is 9.96. The minimum Gasteiger partial charge on any atom is -0.475 e. The van der Waals surface area contributed by atoms with Gasteiger partial charge in [-0.05, 0) is 43.5 Å². The summed E-state index contributed by atoms with van der Waals surface area (Å²) in [7, 11) is 0. The molecule has 2 atom stereocenters. The van der Waals surface area contributed by atoms with Gasteiger partial charge in [-0.2, -0.15) is 31.3 Å². The Morgan fingerprint density at radius 2 is 1.47 bits per heavy atom. The zero-order valence-electron chi connectivity index (χ0n) is 24.6. The van der Waals surface area contributed by atoms with Crippen molar-refractivity contribution in [3.05, 3.63) is 65.7 Å². The largest absolute Gasteiger partial charge is 0.490 e. The first-order chi connectivity index (χ1) is 21.9. The van der Waals surface area contributed by atoms with E-state index in [1.165, 1.54) is 6.08 Å². The topological polar surface area (TPSA) is 203 Å². The van der Waals surface area contributed by atoms with Gasteiger partial charge < -0.3 is 26.6 Å². The molecule has 0 saturated heterocycles. The van der Waals surface area contributed by atoms with Crippen LogP contribution in [0.2, 0.25) is 0 Å². The molecule has 1 fully saturated rings. The van der Waals surface area contributed by atoms with Crippen LogP contribution in [0.5, 0.6) is 0 Å². The number of alkyl halides is 6. The van der Waals surface area contributed by atoms with Crippen LogP contribution >= 0.6 is 0 Å². The van der Waals surface area contributed by atoms with Gasteiger partial charge in [0.2, 0.25) is 5.95 Å². The molecule has 0 spiro atoms. The third-order valence-corrected chi connectivity index (χ3v) is 6.23. The molecule has 254 valence electrons. The first-order valence-corrected chi connectivity index (χ1v) is 13.7. The van der Waals surface area contributed by atoms with Crippen LogP contribution in [0.25, 0.3) is 17.0 Å². The molecule has 0 bridgehead atoms. The van der Waals surface area contributed by atoms with Crippen LogP contribution in [-0.4, -0.2) is 68.4 Å². The lowest BCUT2D eigenvalue weighted by atomic mass is 9.90. The van der Waals surface area contributed by atoms with Gasteiger partial charge in [0, 0.05) is 23.5 Å². The number of guanidine groups is 1. The molecule has 1 heterocycles. The van der Waals surface area contributed by atoms with E-state index in [1.807, 2.05) is 55.5 Å². The zero-order chi connectivity index (χ0) is 35.4. The van der Waals surface area contributed by atoms with Crippen LogP contribution in [0.1, 0.15) is 36.8 Å². The fraction of sp³-hybridized carbons (Fsp3) is 0.310. The van der Waals surface area contributed by atoms with Gasteiger partial charge >= 0.3 is 24.3 Å². The highest BCUT2D eigenvalue weighted by molar-refractivity contribution is 6.02. The van der Waals surface area contributed by atoms with Crippen molar-refractivity contribution in [1.82, 2.24) is 15.3 Å². The summed E-state index contributed by atoms with van der Waals surface area (Å²) in [6.07, 6.45) is -2.92. The standard InChI is InChI=1S/C25H29N7O.2C2HF3O2/c1-16-11-13-19-18(15-16)23(28-20-9-5-6-10-21(20)29-24(26)27)32-25(30-19)31-22(33)14-12-17-7-3-2-4-8-17;2*3-2(4,5)1(6)7/h2-4,7-8,11-15,20-21H,5-6,9-10H2,1H3,(H4,26,27,29)(H2,28,30,31,32,33);2*(H,6,7)/b14-12+;;. The van der Waals surface area contributed by atoms with E-state index in [4.69, 9.17) is 30.9 Å². The van der Waals surface area contributed by atoms with Gasteiger partial charge in [0.15, 0.2) is 5.96 Å². The third kappa shape index (κ3) is 13.2. The number of hydrogen-bond acceptors (Lipinski definition) is 7. The maximum Gasteiger partial charge on any atom is 0.490 e. The maximum absolute atomic E-state index is 12.5. The van der Waals surface area contributed by atoms with Crippen molar-refractivity contribution >= 4 is 52.6 Å². The van der Waals surface area contributed by atoms with Crippen LogP contribution in [0.4, 0.5) is 38.1 Å². The number of anilines is 2. The smallest absolute Gasteiger partial charge is 0.475 e. The number of rotatable bonds is 6. The third-order valence-electron chi connectivity index (χ3n) is 6.23. The molecule has 1 saturated carbocycles. The molecule has 0 aliphatic heterocycles. The molecule has 1 aliphatic carbocycles. The number of aromatic nitrogens is 2. The van der Waals surface area contributed by atoms with E-state index < -0.39 is 24.3 Å². The lowest BCUT2D eigenvalue weighted by Gasteiger charge is -2.33. The van der Waals surface area contributed by atoms with Crippen molar-refractivity contribution in [2.45, 2.75) is 57.0 Å². The van der Waals surface area contributed by atoms with Gasteiger partial charge in [-0.25, -0.2) is 14.6 Å². The van der Waals surface area contributed by atoms with Gasteiger partial charge in [-0.3, -0.25) is 15.5 Å². The first kappa shape index (κ1) is 37.8. The summed E-state index contributed by atoms with van der Waals surface area (Å²) in [6.45, 7) is 2.02. The molecule has 1 amide bonds. The van der Waals surface area contributed by atoms with Crippen molar-refractivity contribution in [3.8, 4) is 0 Å². The summed E-state index contributed by atoms with van der Waals surface area (Å²) in [4.78, 5) is 39.5. The number of benzene rings is 2. The Labute approximate surface area is 263 Å². The number of nitrogens with zero attached hydrogens (tertiary/aromatic N) is 2. The molecule has 12 nitrogen and oxygen atoms in total. The number of carboxylic acid groups (broad SMARTS) is 2. The predicted octanol–water partition coefficient (Wildman–Crippen LogP) is 5.06. The number of hydrogen-bond donors (Lipinski definition) is 7. The number of carboxylic acids is 2. The van der Waals surface area contributed by atoms with Crippen molar-refractivity contribution in [1.29, 1.82) is 5.41 Å². The highest BCUT2D eigenvalue weighted by Crippen LogP contribution is 2.28. The van der Waals surface area contributed by atoms with Gasteiger partial charge in [-0.1, -0.05) is 54.8 Å². The molecule has 0 radical (unpaired) electrons. The highest BCUT2D eigenvalue weighted by Gasteiger charge is 2.39. The zero-order valence-corrected chi connectivity index (χ0v) is 24.6. The minimum absolute atomic E-state index is 0.0322. The molecule has 1 aromatic heterocycles. The number of carbonyl (C=O) groups excluding carboxylic acids is 1. The summed E-state index contributed by atoms with van der Waals surface area (Å²) in [5, 5.41) is 32.2. The number of fused-ring (bicyclic) bond motifs is 1. The van der Waals surface area contributed by atoms with Crippen molar-refractivity contribution < 1.29 is 50.9 Å². The van der Waals surface area contributed by atoms with E-state index in [9.17, 15) is 31.1 Å². The average Bonchev–Trinajstić information content (AvgIpc) is 2.97. The number of aryl methyl sites for hydroxylation is 1. The van der Waals surface area contributed by atoms with Gasteiger partial charge in [-0.15, -0.1) is 0 Å². The quantitative estimate of drug-likeness (QED) is 0.0803. The molecule has 4 rings (SSSR count). The Morgan fingerprint density at radius 1 is 0.915 bits per heavy atom. The van der Waals surface area contributed by atoms with Crippen molar-refractivity contribution in [3.63, 3.8) is 0 Å². The van der Waals surface area contributed by atoms with E-state index in [1.54, 1.807) is 6.08 Å². The molecule has 1 aliphatic rings.